The fourth-order valence-electron chi connectivity index (χ4n) is 3.15. The molecule has 0 aliphatic heterocycles. The average molecular weight is 479 g/mol. The number of carbonyl (C=O) groups is 1. The summed E-state index contributed by atoms with van der Waals surface area (Å²) in [6.45, 7) is 8.47. The summed E-state index contributed by atoms with van der Waals surface area (Å²) >= 11 is 0. The van der Waals surface area contributed by atoms with Gasteiger partial charge in [-0.1, -0.05) is 19.1 Å². The van der Waals surface area contributed by atoms with Crippen LogP contribution in [0.25, 0.3) is 0 Å². The summed E-state index contributed by atoms with van der Waals surface area (Å²) in [6, 6.07) is 15.1. The first-order valence-corrected chi connectivity index (χ1v) is 11.7. The molecule has 9 heteroatoms. The molecule has 0 atom stereocenters. The summed E-state index contributed by atoms with van der Waals surface area (Å²) in [6.07, 6.45) is 2.82. The molecule has 1 heterocycles. The first-order valence-electron chi connectivity index (χ1n) is 11.7. The van der Waals surface area contributed by atoms with E-state index < -0.39 is 11.7 Å². The smallest absolute Gasteiger partial charge is 0.407 e. The number of nitrogens with two attached hydrogens (primary N) is 1. The monoisotopic (exact) mass is 478 g/mol. The number of amides is 1. The van der Waals surface area contributed by atoms with Gasteiger partial charge in [-0.2, -0.15) is 4.98 Å². The number of nitrogens with one attached hydrogen (secondary N) is 3. The van der Waals surface area contributed by atoms with Gasteiger partial charge in [0, 0.05) is 41.4 Å². The molecule has 1 aromatic heterocycles. The first kappa shape index (κ1) is 25.6. The Morgan fingerprint density at radius 2 is 1.80 bits per heavy atom. The van der Waals surface area contributed by atoms with Crippen LogP contribution >= 0.6 is 0 Å². The van der Waals surface area contributed by atoms with Crippen molar-refractivity contribution >= 4 is 34.9 Å². The number of nitrogen functional groups attached to an aromatic ring is 1. The van der Waals surface area contributed by atoms with E-state index in [0.29, 0.717) is 37.0 Å². The number of benzene rings is 2. The molecule has 0 saturated carbocycles. The largest absolute Gasteiger partial charge is 0.493 e. The number of aromatic nitrogens is 2. The quantitative estimate of drug-likeness (QED) is 0.225. The van der Waals surface area contributed by atoms with Crippen molar-refractivity contribution in [2.24, 2.45) is 0 Å². The second-order valence-electron chi connectivity index (χ2n) is 8.95. The number of rotatable bonds is 10. The molecule has 0 saturated heterocycles. The molecule has 0 fully saturated rings. The van der Waals surface area contributed by atoms with Gasteiger partial charge >= 0.3 is 6.09 Å². The number of alkyl carbamates (subject to hydrolysis) is 1. The SMILES string of the molecule is CCc1cnc(Nc2cccc(OCCCNC(=O)OC(C)(C)C)c2)nc1Nc1cccc(N)c1. The van der Waals surface area contributed by atoms with Crippen LogP contribution in [-0.4, -0.2) is 34.8 Å². The lowest BCUT2D eigenvalue weighted by molar-refractivity contribution is 0.0525. The average Bonchev–Trinajstić information content (AvgIpc) is 2.78. The lowest BCUT2D eigenvalue weighted by Crippen LogP contribution is -2.33. The normalized spacial score (nSPS) is 11.0. The van der Waals surface area contributed by atoms with E-state index in [9.17, 15) is 4.79 Å². The topological polar surface area (TPSA) is 123 Å². The van der Waals surface area contributed by atoms with Crippen LogP contribution in [0, 0.1) is 0 Å². The minimum atomic E-state index is -0.513. The highest BCUT2D eigenvalue weighted by Crippen LogP contribution is 2.24. The number of nitrogens with zero attached hydrogens (tertiary/aromatic N) is 2. The predicted octanol–water partition coefficient (Wildman–Crippen LogP) is 5.40. The van der Waals surface area contributed by atoms with Crippen LogP contribution < -0.4 is 26.4 Å². The second kappa shape index (κ2) is 11.9. The van der Waals surface area contributed by atoms with Crippen molar-refractivity contribution in [3.8, 4) is 5.75 Å². The summed E-state index contributed by atoms with van der Waals surface area (Å²) in [5, 5.41) is 9.28. The van der Waals surface area contributed by atoms with Crippen molar-refractivity contribution in [1.29, 1.82) is 0 Å². The van der Waals surface area contributed by atoms with Gasteiger partial charge in [0.15, 0.2) is 0 Å². The van der Waals surface area contributed by atoms with E-state index in [-0.39, 0.29) is 0 Å². The maximum Gasteiger partial charge on any atom is 0.407 e. The number of aryl methyl sites for hydroxylation is 1. The lowest BCUT2D eigenvalue weighted by atomic mass is 10.2. The molecule has 2 aromatic carbocycles. The van der Waals surface area contributed by atoms with Gasteiger partial charge in [0.05, 0.1) is 6.61 Å². The molecule has 35 heavy (non-hydrogen) atoms. The van der Waals surface area contributed by atoms with Crippen molar-refractivity contribution in [3.05, 3.63) is 60.3 Å². The van der Waals surface area contributed by atoms with Gasteiger partial charge in [-0.25, -0.2) is 9.78 Å². The van der Waals surface area contributed by atoms with Gasteiger partial charge < -0.3 is 31.2 Å². The highest BCUT2D eigenvalue weighted by atomic mass is 16.6. The van der Waals surface area contributed by atoms with Crippen LogP contribution in [0.5, 0.6) is 5.75 Å². The van der Waals surface area contributed by atoms with Crippen molar-refractivity contribution in [2.45, 2.75) is 46.1 Å². The molecule has 1 amide bonds. The van der Waals surface area contributed by atoms with E-state index in [2.05, 4.69) is 32.8 Å². The van der Waals surface area contributed by atoms with E-state index in [1.54, 1.807) is 0 Å². The molecular formula is C26H34N6O3. The number of carbonyl (C=O) groups excluding carboxylic acids is 1. The maximum absolute atomic E-state index is 11.7. The maximum atomic E-state index is 11.7. The van der Waals surface area contributed by atoms with Gasteiger partial charge in [0.1, 0.15) is 17.2 Å². The minimum Gasteiger partial charge on any atom is -0.493 e. The molecule has 0 spiro atoms. The number of ether oxygens (including phenoxy) is 2. The third kappa shape index (κ3) is 8.69. The van der Waals surface area contributed by atoms with E-state index in [0.717, 1.165) is 29.2 Å². The van der Waals surface area contributed by atoms with E-state index in [1.165, 1.54) is 0 Å². The third-order valence-electron chi connectivity index (χ3n) is 4.74. The summed E-state index contributed by atoms with van der Waals surface area (Å²) in [5.41, 5.74) is 8.72. The summed E-state index contributed by atoms with van der Waals surface area (Å²) < 4.78 is 11.0. The highest BCUT2D eigenvalue weighted by molar-refractivity contribution is 5.67. The van der Waals surface area contributed by atoms with E-state index in [4.69, 9.17) is 15.2 Å². The summed E-state index contributed by atoms with van der Waals surface area (Å²) in [4.78, 5) is 20.8. The molecule has 5 N–H and O–H groups in total. The van der Waals surface area contributed by atoms with Gasteiger partial charge in [-0.15, -0.1) is 0 Å². The lowest BCUT2D eigenvalue weighted by Gasteiger charge is -2.19. The zero-order valence-corrected chi connectivity index (χ0v) is 20.7. The standard InChI is InChI=1S/C26H34N6O3/c1-5-18-17-29-24(32-23(18)30-20-10-6-9-19(27)15-20)31-21-11-7-12-22(16-21)34-14-8-13-28-25(33)35-26(2,3)4/h6-7,9-12,15-17H,5,8,13-14,27H2,1-4H3,(H,28,33)(H2,29,30,31,32). The Bertz CT molecular complexity index is 1130. The number of hydrogen-bond donors (Lipinski definition) is 4. The molecule has 9 nitrogen and oxygen atoms in total. The van der Waals surface area contributed by atoms with Crippen molar-refractivity contribution < 1.29 is 14.3 Å². The Morgan fingerprint density at radius 3 is 2.51 bits per heavy atom. The van der Waals surface area contributed by atoms with Gasteiger partial charge in [-0.3, -0.25) is 0 Å². The second-order valence-corrected chi connectivity index (χ2v) is 8.95. The molecule has 0 aliphatic rings. The molecular weight excluding hydrogens is 444 g/mol. The number of hydrogen-bond acceptors (Lipinski definition) is 8. The molecule has 186 valence electrons. The summed E-state index contributed by atoms with van der Waals surface area (Å²) in [5.74, 6) is 1.89. The van der Waals surface area contributed by atoms with Crippen LogP contribution in [0.3, 0.4) is 0 Å². The predicted molar refractivity (Wildman–Crippen MR) is 140 cm³/mol. The fraction of sp³-hybridized carbons (Fsp3) is 0.346. The van der Waals surface area contributed by atoms with E-state index >= 15 is 0 Å². The van der Waals surface area contributed by atoms with Crippen LogP contribution in [-0.2, 0) is 11.2 Å². The van der Waals surface area contributed by atoms with Crippen LogP contribution in [0.1, 0.15) is 39.7 Å². The zero-order valence-electron chi connectivity index (χ0n) is 20.7. The van der Waals surface area contributed by atoms with Gasteiger partial charge in [-0.05, 0) is 63.9 Å². The molecule has 0 bridgehead atoms. The number of anilines is 5. The Hall–Kier alpha value is -4.01. The highest BCUT2D eigenvalue weighted by Gasteiger charge is 2.15. The molecule has 3 aromatic rings. The van der Waals surface area contributed by atoms with E-state index in [1.807, 2.05) is 75.5 Å². The summed E-state index contributed by atoms with van der Waals surface area (Å²) in [7, 11) is 0. The van der Waals surface area contributed by atoms with Crippen LogP contribution in [0.4, 0.5) is 33.6 Å². The molecule has 0 aliphatic carbocycles. The Morgan fingerprint density at radius 1 is 1.06 bits per heavy atom. The first-order chi connectivity index (χ1) is 16.7. The van der Waals surface area contributed by atoms with Gasteiger partial charge in [0.25, 0.3) is 0 Å². The minimum absolute atomic E-state index is 0.428. The molecule has 3 rings (SSSR count). The Labute approximate surface area is 206 Å². The Balaban J connectivity index is 1.55. The zero-order chi connectivity index (χ0) is 25.3. The molecule has 0 radical (unpaired) electrons. The molecule has 0 unspecified atom stereocenters. The van der Waals surface area contributed by atoms with Gasteiger partial charge in [0.2, 0.25) is 5.95 Å². The fourth-order valence-corrected chi connectivity index (χ4v) is 3.15. The Kier molecular flexibility index (Phi) is 8.72. The van der Waals surface area contributed by atoms with Crippen LogP contribution in [0.15, 0.2) is 54.7 Å². The van der Waals surface area contributed by atoms with Crippen LogP contribution in [0.2, 0.25) is 0 Å². The third-order valence-corrected chi connectivity index (χ3v) is 4.74. The van der Waals surface area contributed by atoms with Crippen molar-refractivity contribution in [1.82, 2.24) is 15.3 Å². The van der Waals surface area contributed by atoms with Crippen molar-refractivity contribution in [3.63, 3.8) is 0 Å². The van der Waals surface area contributed by atoms with Crippen molar-refractivity contribution in [2.75, 3.05) is 29.5 Å².